The van der Waals surface area contributed by atoms with E-state index in [-0.39, 0.29) is 24.2 Å². The number of likely N-dealkylation sites (tertiary alicyclic amines) is 1. The molecule has 6 nitrogen and oxygen atoms in total. The van der Waals surface area contributed by atoms with Crippen LogP contribution in [0, 0.1) is 6.92 Å². The number of aryl methyl sites for hydroxylation is 1. The topological polar surface area (TPSA) is 80.0 Å². The third-order valence-corrected chi connectivity index (χ3v) is 4.89. The summed E-state index contributed by atoms with van der Waals surface area (Å²) in [6.07, 6.45) is 3.77. The van der Waals surface area contributed by atoms with Gasteiger partial charge >= 0.3 is 5.97 Å². The van der Waals surface area contributed by atoms with Crippen molar-refractivity contribution >= 4 is 11.9 Å². The van der Waals surface area contributed by atoms with Crippen LogP contribution in [0.5, 0.6) is 0 Å². The Morgan fingerprint density at radius 1 is 1.22 bits per heavy atom. The van der Waals surface area contributed by atoms with Crippen LogP contribution in [0.25, 0.3) is 0 Å². The second-order valence-electron chi connectivity index (χ2n) is 6.89. The Kier molecular flexibility index (Phi) is 6.29. The molecule has 0 spiro atoms. The molecule has 1 aromatic heterocycles. The molecular weight excluding hydrogens is 346 g/mol. The van der Waals surface area contributed by atoms with Crippen molar-refractivity contribution in [2.24, 2.45) is 0 Å². The molecule has 0 radical (unpaired) electrons. The lowest BCUT2D eigenvalue weighted by molar-refractivity contribution is -0.136. The van der Waals surface area contributed by atoms with Gasteiger partial charge in [0.05, 0.1) is 24.5 Å². The summed E-state index contributed by atoms with van der Waals surface area (Å²) in [6.45, 7) is 3.64. The highest BCUT2D eigenvalue weighted by Crippen LogP contribution is 2.23. The zero-order chi connectivity index (χ0) is 19.2. The van der Waals surface area contributed by atoms with E-state index in [0.29, 0.717) is 30.8 Å². The molecule has 1 aromatic carbocycles. The van der Waals surface area contributed by atoms with Gasteiger partial charge in [-0.3, -0.25) is 9.59 Å². The fraction of sp³-hybridized carbons (Fsp3) is 0.429. The number of benzene rings is 1. The highest BCUT2D eigenvalue weighted by Gasteiger charge is 2.28. The first-order valence-electron chi connectivity index (χ1n) is 9.28. The first-order chi connectivity index (χ1) is 13.0. The summed E-state index contributed by atoms with van der Waals surface area (Å²) < 4.78 is 11.3. The molecule has 0 atom stereocenters. The van der Waals surface area contributed by atoms with Crippen molar-refractivity contribution in [3.63, 3.8) is 0 Å². The van der Waals surface area contributed by atoms with Crippen molar-refractivity contribution in [3.05, 3.63) is 59.0 Å². The lowest BCUT2D eigenvalue weighted by Gasteiger charge is -2.32. The summed E-state index contributed by atoms with van der Waals surface area (Å²) in [5.74, 6) is -0.935. The van der Waals surface area contributed by atoms with Crippen molar-refractivity contribution in [1.29, 1.82) is 0 Å². The second kappa shape index (κ2) is 8.86. The maximum atomic E-state index is 12.8. The number of carbonyl (C=O) groups excluding carboxylic acids is 1. The molecule has 2 aromatic rings. The van der Waals surface area contributed by atoms with Crippen LogP contribution in [0.1, 0.15) is 40.1 Å². The fourth-order valence-corrected chi connectivity index (χ4v) is 3.42. The Hall–Kier alpha value is -2.60. The van der Waals surface area contributed by atoms with Crippen molar-refractivity contribution in [3.8, 4) is 0 Å². The molecule has 6 heteroatoms. The highest BCUT2D eigenvalue weighted by atomic mass is 16.5. The smallest absolute Gasteiger partial charge is 0.311 e. The highest BCUT2D eigenvalue weighted by molar-refractivity contribution is 5.97. The molecule has 27 heavy (non-hydrogen) atoms. The first kappa shape index (κ1) is 19.2. The van der Waals surface area contributed by atoms with Crippen LogP contribution < -0.4 is 0 Å². The van der Waals surface area contributed by atoms with Crippen LogP contribution in [-0.4, -0.2) is 47.7 Å². The number of carbonyl (C=O) groups is 2. The Morgan fingerprint density at radius 3 is 2.59 bits per heavy atom. The number of carboxylic acid groups (broad SMARTS) is 1. The minimum absolute atomic E-state index is 0.153. The van der Waals surface area contributed by atoms with Crippen LogP contribution in [0.4, 0.5) is 0 Å². The molecule has 0 aliphatic carbocycles. The SMILES string of the molecule is Cc1coc(CC(=O)O)c1C(=O)N1CCC(OCCc2ccccc2)CC1. The summed E-state index contributed by atoms with van der Waals surface area (Å²) in [7, 11) is 0. The number of carboxylic acids is 1. The predicted octanol–water partition coefficient (Wildman–Crippen LogP) is 3.08. The Morgan fingerprint density at radius 2 is 1.93 bits per heavy atom. The average molecular weight is 371 g/mol. The van der Waals surface area contributed by atoms with Crippen molar-refractivity contribution in [1.82, 2.24) is 4.90 Å². The molecule has 1 amide bonds. The van der Waals surface area contributed by atoms with E-state index in [9.17, 15) is 9.59 Å². The monoisotopic (exact) mass is 371 g/mol. The van der Waals surface area contributed by atoms with Gasteiger partial charge in [0.25, 0.3) is 5.91 Å². The third kappa shape index (κ3) is 4.98. The fourth-order valence-electron chi connectivity index (χ4n) is 3.42. The number of aliphatic carboxylic acids is 1. The van der Waals surface area contributed by atoms with Gasteiger partial charge in [0.2, 0.25) is 0 Å². The van der Waals surface area contributed by atoms with Gasteiger partial charge < -0.3 is 19.2 Å². The summed E-state index contributed by atoms with van der Waals surface area (Å²) in [5, 5.41) is 8.99. The molecule has 1 aliphatic heterocycles. The van der Waals surface area contributed by atoms with Gasteiger partial charge in [-0.05, 0) is 31.7 Å². The molecule has 1 saturated heterocycles. The largest absolute Gasteiger partial charge is 0.481 e. The summed E-state index contributed by atoms with van der Waals surface area (Å²) in [4.78, 5) is 25.6. The number of rotatable bonds is 7. The first-order valence-corrected chi connectivity index (χ1v) is 9.28. The Bertz CT molecular complexity index is 775. The standard InChI is InChI=1S/C21H25NO5/c1-15-14-27-18(13-19(23)24)20(15)21(25)22-10-7-17(8-11-22)26-12-9-16-5-3-2-4-6-16/h2-6,14,17H,7-13H2,1H3,(H,23,24). The molecule has 3 rings (SSSR count). The summed E-state index contributed by atoms with van der Waals surface area (Å²) in [5.41, 5.74) is 2.32. The second-order valence-corrected chi connectivity index (χ2v) is 6.89. The van der Waals surface area contributed by atoms with E-state index in [2.05, 4.69) is 12.1 Å². The summed E-state index contributed by atoms with van der Waals surface area (Å²) >= 11 is 0. The Labute approximate surface area is 158 Å². The van der Waals surface area contributed by atoms with Crippen molar-refractivity contribution in [2.45, 2.75) is 38.7 Å². The minimum atomic E-state index is -1.01. The molecule has 144 valence electrons. The molecule has 2 heterocycles. The maximum Gasteiger partial charge on any atom is 0.311 e. The van der Waals surface area contributed by atoms with Crippen molar-refractivity contribution in [2.75, 3.05) is 19.7 Å². The van der Waals surface area contributed by atoms with Gasteiger partial charge in [-0.15, -0.1) is 0 Å². The molecule has 0 bridgehead atoms. The molecule has 0 unspecified atom stereocenters. The van der Waals surface area contributed by atoms with E-state index < -0.39 is 5.97 Å². The molecule has 1 fully saturated rings. The average Bonchev–Trinajstić information content (AvgIpc) is 3.02. The molecule has 0 saturated carbocycles. The minimum Gasteiger partial charge on any atom is -0.481 e. The van der Waals surface area contributed by atoms with Crippen LogP contribution in [0.2, 0.25) is 0 Å². The quantitative estimate of drug-likeness (QED) is 0.809. The van der Waals surface area contributed by atoms with E-state index in [1.54, 1.807) is 11.8 Å². The van der Waals surface area contributed by atoms with Gasteiger partial charge in [0, 0.05) is 18.7 Å². The molecular formula is C21H25NO5. The number of ether oxygens (including phenoxy) is 1. The van der Waals surface area contributed by atoms with Gasteiger partial charge in [0.1, 0.15) is 12.2 Å². The normalized spacial score (nSPS) is 15.1. The zero-order valence-corrected chi connectivity index (χ0v) is 15.5. The van der Waals surface area contributed by atoms with E-state index >= 15 is 0 Å². The van der Waals surface area contributed by atoms with Crippen LogP contribution in [-0.2, 0) is 22.4 Å². The van der Waals surface area contributed by atoms with E-state index in [1.807, 2.05) is 18.2 Å². The number of hydrogen-bond acceptors (Lipinski definition) is 4. The van der Waals surface area contributed by atoms with Gasteiger partial charge in [-0.25, -0.2) is 0 Å². The lowest BCUT2D eigenvalue weighted by Crippen LogP contribution is -2.41. The van der Waals surface area contributed by atoms with Gasteiger partial charge in [-0.2, -0.15) is 0 Å². The lowest BCUT2D eigenvalue weighted by atomic mass is 10.0. The predicted molar refractivity (Wildman–Crippen MR) is 99.8 cm³/mol. The van der Waals surface area contributed by atoms with Gasteiger partial charge in [0.15, 0.2) is 0 Å². The number of hydrogen-bond donors (Lipinski definition) is 1. The van der Waals surface area contributed by atoms with Gasteiger partial charge in [-0.1, -0.05) is 30.3 Å². The number of furan rings is 1. The molecule has 1 N–H and O–H groups in total. The zero-order valence-electron chi connectivity index (χ0n) is 15.5. The molecule has 1 aliphatic rings. The van der Waals surface area contributed by atoms with E-state index in [4.69, 9.17) is 14.3 Å². The van der Waals surface area contributed by atoms with Crippen LogP contribution >= 0.6 is 0 Å². The van der Waals surface area contributed by atoms with Crippen LogP contribution in [0.15, 0.2) is 41.0 Å². The Balaban J connectivity index is 1.49. The third-order valence-electron chi connectivity index (χ3n) is 4.89. The van der Waals surface area contributed by atoms with E-state index in [1.165, 1.54) is 11.8 Å². The van der Waals surface area contributed by atoms with Crippen molar-refractivity contribution < 1.29 is 23.8 Å². The van der Waals surface area contributed by atoms with Crippen LogP contribution in [0.3, 0.4) is 0 Å². The summed E-state index contributed by atoms with van der Waals surface area (Å²) in [6, 6.07) is 10.2. The number of amides is 1. The van der Waals surface area contributed by atoms with E-state index in [0.717, 1.165) is 19.3 Å². The number of nitrogens with zero attached hydrogens (tertiary/aromatic N) is 1. The number of piperidine rings is 1. The maximum absolute atomic E-state index is 12.8.